The fourth-order valence-corrected chi connectivity index (χ4v) is 3.96. The summed E-state index contributed by atoms with van der Waals surface area (Å²) < 4.78 is 5.37. The Labute approximate surface area is 189 Å². The van der Waals surface area contributed by atoms with Gasteiger partial charge in [0, 0.05) is 18.8 Å². The van der Waals surface area contributed by atoms with Crippen LogP contribution in [-0.4, -0.2) is 43.2 Å². The molecule has 2 saturated heterocycles. The van der Waals surface area contributed by atoms with Crippen LogP contribution in [0.3, 0.4) is 0 Å². The predicted molar refractivity (Wildman–Crippen MR) is 122 cm³/mol. The Kier molecular flexibility index (Phi) is 6.06. The Morgan fingerprint density at radius 1 is 1.03 bits per heavy atom. The number of ether oxygens (including phenoxy) is 1. The first-order chi connectivity index (χ1) is 14.5. The summed E-state index contributed by atoms with van der Waals surface area (Å²) >= 11 is 17.5. The highest BCUT2D eigenvalue weighted by Gasteiger charge is 2.35. The number of halogens is 2. The van der Waals surface area contributed by atoms with Crippen LogP contribution in [0.5, 0.6) is 0 Å². The Balaban J connectivity index is 1.63. The monoisotopic (exact) mass is 461 g/mol. The molecule has 0 spiro atoms. The number of hydrogen-bond donors (Lipinski definition) is 1. The van der Waals surface area contributed by atoms with E-state index in [0.29, 0.717) is 18.9 Å². The number of thiocarbonyl (C=S) groups is 1. The van der Waals surface area contributed by atoms with Gasteiger partial charge in [-0.2, -0.15) is 0 Å². The van der Waals surface area contributed by atoms with Crippen LogP contribution in [0.15, 0.2) is 48.0 Å². The van der Waals surface area contributed by atoms with Crippen molar-refractivity contribution in [2.24, 2.45) is 0 Å². The lowest BCUT2D eigenvalue weighted by Gasteiger charge is -2.30. The van der Waals surface area contributed by atoms with Gasteiger partial charge in [-0.05, 0) is 48.1 Å². The molecule has 0 aromatic heterocycles. The molecule has 0 saturated carbocycles. The number of amides is 2. The minimum absolute atomic E-state index is 0.0428. The van der Waals surface area contributed by atoms with E-state index >= 15 is 0 Å². The molecule has 30 heavy (non-hydrogen) atoms. The molecular formula is C21H17Cl2N3O3S. The fraction of sp³-hybridized carbons (Fsp3) is 0.190. The van der Waals surface area contributed by atoms with Crippen molar-refractivity contribution in [2.75, 3.05) is 36.1 Å². The van der Waals surface area contributed by atoms with Crippen LogP contribution in [0.2, 0.25) is 10.0 Å². The standard InChI is InChI=1S/C21H17Cl2N3O3S/c22-16-2-1-3-17(18(16)23)26-20(28)15(19(27)24-21(26)30)12-13-4-6-14(7-5-13)25-8-10-29-11-9-25/h1-7,12H,8-11H2,(H,24,27,30). The molecule has 9 heteroatoms. The highest BCUT2D eigenvalue weighted by molar-refractivity contribution is 7.80. The second-order valence-corrected chi connectivity index (χ2v) is 7.89. The lowest BCUT2D eigenvalue weighted by atomic mass is 10.1. The molecule has 0 unspecified atom stereocenters. The van der Waals surface area contributed by atoms with Crippen LogP contribution in [0, 0.1) is 0 Å². The van der Waals surface area contributed by atoms with Gasteiger partial charge >= 0.3 is 0 Å². The van der Waals surface area contributed by atoms with Gasteiger partial charge in [0.2, 0.25) is 0 Å². The van der Waals surface area contributed by atoms with Crippen LogP contribution in [0.25, 0.3) is 6.08 Å². The first-order valence-electron chi connectivity index (χ1n) is 9.24. The van der Waals surface area contributed by atoms with Crippen molar-refractivity contribution in [1.82, 2.24) is 5.32 Å². The molecule has 2 heterocycles. The van der Waals surface area contributed by atoms with Crippen LogP contribution in [-0.2, 0) is 14.3 Å². The molecule has 2 aromatic carbocycles. The summed E-state index contributed by atoms with van der Waals surface area (Å²) in [5.74, 6) is -1.12. The SMILES string of the molecule is O=C1NC(=S)N(c2cccc(Cl)c2Cl)C(=O)C1=Cc1ccc(N2CCOCC2)cc1. The third-order valence-electron chi connectivity index (χ3n) is 4.85. The van der Waals surface area contributed by atoms with Crippen LogP contribution in [0.4, 0.5) is 11.4 Å². The third-order valence-corrected chi connectivity index (χ3v) is 5.95. The average Bonchev–Trinajstić information content (AvgIpc) is 2.75. The van der Waals surface area contributed by atoms with E-state index in [1.807, 2.05) is 24.3 Å². The van der Waals surface area contributed by atoms with Gasteiger partial charge in [0.05, 0.1) is 28.9 Å². The molecule has 2 amide bonds. The van der Waals surface area contributed by atoms with Gasteiger partial charge in [0.15, 0.2) is 5.11 Å². The van der Waals surface area contributed by atoms with Crippen molar-refractivity contribution in [2.45, 2.75) is 0 Å². The average molecular weight is 462 g/mol. The molecule has 0 atom stereocenters. The van der Waals surface area contributed by atoms with E-state index in [4.69, 9.17) is 40.2 Å². The second-order valence-electron chi connectivity index (χ2n) is 6.72. The van der Waals surface area contributed by atoms with Gasteiger partial charge in [-0.15, -0.1) is 0 Å². The number of rotatable bonds is 3. The van der Waals surface area contributed by atoms with Gasteiger partial charge in [0.25, 0.3) is 11.8 Å². The van der Waals surface area contributed by atoms with E-state index in [0.717, 1.165) is 24.3 Å². The van der Waals surface area contributed by atoms with E-state index in [9.17, 15) is 9.59 Å². The van der Waals surface area contributed by atoms with Crippen molar-refractivity contribution >= 4 is 69.8 Å². The second kappa shape index (κ2) is 8.73. The molecule has 154 valence electrons. The number of anilines is 2. The van der Waals surface area contributed by atoms with Crippen LogP contribution < -0.4 is 15.1 Å². The molecule has 4 rings (SSSR count). The Bertz CT molecular complexity index is 1050. The van der Waals surface area contributed by atoms with Crippen LogP contribution in [0.1, 0.15) is 5.56 Å². The molecule has 0 aliphatic carbocycles. The van der Waals surface area contributed by atoms with Crippen molar-refractivity contribution in [3.63, 3.8) is 0 Å². The normalized spacial score (nSPS) is 18.7. The predicted octanol–water partition coefficient (Wildman–Crippen LogP) is 3.66. The highest BCUT2D eigenvalue weighted by atomic mass is 35.5. The lowest BCUT2D eigenvalue weighted by molar-refractivity contribution is -0.122. The molecule has 2 fully saturated rings. The molecule has 2 aliphatic rings. The topological polar surface area (TPSA) is 61.9 Å². The zero-order chi connectivity index (χ0) is 21.3. The van der Waals surface area contributed by atoms with Crippen molar-refractivity contribution in [3.8, 4) is 0 Å². The van der Waals surface area contributed by atoms with E-state index in [1.54, 1.807) is 18.2 Å². The van der Waals surface area contributed by atoms with Crippen LogP contribution >= 0.6 is 35.4 Å². The van der Waals surface area contributed by atoms with E-state index < -0.39 is 11.8 Å². The molecule has 1 N–H and O–H groups in total. The van der Waals surface area contributed by atoms with E-state index in [1.165, 1.54) is 11.0 Å². The van der Waals surface area contributed by atoms with Gasteiger partial charge in [-0.25, -0.2) is 0 Å². The Hall–Kier alpha value is -2.45. The fourth-order valence-electron chi connectivity index (χ4n) is 3.31. The van der Waals surface area contributed by atoms with Gasteiger partial charge in [-0.3, -0.25) is 19.8 Å². The number of carbonyl (C=O) groups excluding carboxylic acids is 2. The van der Waals surface area contributed by atoms with E-state index in [2.05, 4.69) is 10.2 Å². The van der Waals surface area contributed by atoms with Gasteiger partial charge in [-0.1, -0.05) is 41.4 Å². The quantitative estimate of drug-likeness (QED) is 0.429. The number of nitrogens with one attached hydrogen (secondary N) is 1. The maximum atomic E-state index is 13.1. The zero-order valence-electron chi connectivity index (χ0n) is 15.7. The molecule has 6 nitrogen and oxygen atoms in total. The molecular weight excluding hydrogens is 445 g/mol. The molecule has 2 aromatic rings. The summed E-state index contributed by atoms with van der Waals surface area (Å²) in [5.41, 5.74) is 2.05. The first-order valence-corrected chi connectivity index (χ1v) is 10.4. The smallest absolute Gasteiger partial charge is 0.270 e. The summed E-state index contributed by atoms with van der Waals surface area (Å²) in [6.07, 6.45) is 1.54. The molecule has 2 aliphatic heterocycles. The minimum Gasteiger partial charge on any atom is -0.378 e. The van der Waals surface area contributed by atoms with Crippen molar-refractivity contribution < 1.29 is 14.3 Å². The summed E-state index contributed by atoms with van der Waals surface area (Å²) in [6, 6.07) is 12.5. The lowest BCUT2D eigenvalue weighted by Crippen LogP contribution is -2.54. The number of morpholine rings is 1. The number of benzene rings is 2. The Morgan fingerprint density at radius 2 is 1.73 bits per heavy atom. The van der Waals surface area contributed by atoms with Crippen molar-refractivity contribution in [1.29, 1.82) is 0 Å². The molecule has 0 bridgehead atoms. The maximum Gasteiger partial charge on any atom is 0.270 e. The summed E-state index contributed by atoms with van der Waals surface area (Å²) in [5, 5.41) is 2.96. The minimum atomic E-state index is -0.565. The largest absolute Gasteiger partial charge is 0.378 e. The van der Waals surface area contributed by atoms with Gasteiger partial charge < -0.3 is 9.64 Å². The number of carbonyl (C=O) groups is 2. The van der Waals surface area contributed by atoms with Crippen molar-refractivity contribution in [3.05, 3.63) is 63.6 Å². The number of nitrogens with zero attached hydrogens (tertiary/aromatic N) is 2. The number of hydrogen-bond acceptors (Lipinski definition) is 5. The summed E-state index contributed by atoms with van der Waals surface area (Å²) in [6.45, 7) is 3.05. The third kappa shape index (κ3) is 4.06. The van der Waals surface area contributed by atoms with E-state index in [-0.39, 0.29) is 20.7 Å². The maximum absolute atomic E-state index is 13.1. The summed E-state index contributed by atoms with van der Waals surface area (Å²) in [7, 11) is 0. The zero-order valence-corrected chi connectivity index (χ0v) is 18.1. The first kappa shape index (κ1) is 20.8. The molecule has 0 radical (unpaired) electrons. The van der Waals surface area contributed by atoms with Gasteiger partial charge in [0.1, 0.15) is 5.57 Å². The highest BCUT2D eigenvalue weighted by Crippen LogP contribution is 2.34. The summed E-state index contributed by atoms with van der Waals surface area (Å²) in [4.78, 5) is 29.0. The Morgan fingerprint density at radius 3 is 2.43 bits per heavy atom.